The third-order valence-electron chi connectivity index (χ3n) is 20.7. The van der Waals surface area contributed by atoms with Crippen molar-refractivity contribution >= 4 is 11.9 Å². The minimum Gasteiger partial charge on any atom is -0.509 e. The van der Waals surface area contributed by atoms with Gasteiger partial charge in [0.25, 0.3) is 0 Å². The summed E-state index contributed by atoms with van der Waals surface area (Å²) in [5.74, 6) is 2.48. The standard InChI is InChI=1S/C58H69N3O5/c1-33-24-39-19-20-45-41-27-36-30-60(32-41)46(37-13-3-2-4-14-37)29-47(62)53-56-22-21-42-44-28-40(49(33)51(42)52(39)61(45)31-36)26-35-12-7-11-34(25-35)10-5-6-18-48(57(44,56)55(64)65-53)58(56)43-17-8-15-38(16-9-23-59)50(43)54(63)66-58/h7-8,11-12,15,17,25,28,33,36-37,41,45-46,48-49,51,62H,2-6,9-10,13-14,16,18-24,26-27,29-32,59H2,1H3. The van der Waals surface area contributed by atoms with E-state index < -0.39 is 16.4 Å². The Morgan fingerprint density at radius 2 is 1.73 bits per heavy atom. The molecule has 5 fully saturated rings. The molecule has 0 amide bonds. The Hall–Kier alpha value is -4.14. The topological polar surface area (TPSA) is 105 Å². The molecule has 15 bridgehead atoms. The molecule has 12 atom stereocenters. The Morgan fingerprint density at radius 1 is 0.879 bits per heavy atom. The van der Waals surface area contributed by atoms with Gasteiger partial charge in [-0.1, -0.05) is 97.9 Å². The van der Waals surface area contributed by atoms with Crippen molar-refractivity contribution < 1.29 is 24.2 Å². The smallest absolute Gasteiger partial charge is 0.339 e. The summed E-state index contributed by atoms with van der Waals surface area (Å²) in [5, 5.41) is 13.4. The normalized spacial score (nSPS) is 40.7. The zero-order valence-corrected chi connectivity index (χ0v) is 39.1. The van der Waals surface area contributed by atoms with Crippen LogP contribution in [0.5, 0.6) is 0 Å². The fourth-order valence-corrected chi connectivity index (χ4v) is 18.7. The number of hydrogen-bond donors (Lipinski definition) is 2. The van der Waals surface area contributed by atoms with Crippen molar-refractivity contribution in [2.24, 2.45) is 58.0 Å². The van der Waals surface area contributed by atoms with E-state index in [2.05, 4.69) is 65.3 Å². The number of rotatable bonds is 4. The number of fused-ring (bicyclic) bond motifs is 6. The minimum atomic E-state index is -1.16. The maximum atomic E-state index is 16.2. The Kier molecular flexibility index (Phi) is 9.10. The molecule has 8 nitrogen and oxygen atoms in total. The largest absolute Gasteiger partial charge is 0.509 e. The number of allylic oxidation sites excluding steroid dienone is 4. The lowest BCUT2D eigenvalue weighted by Gasteiger charge is -2.71. The summed E-state index contributed by atoms with van der Waals surface area (Å²) in [6.45, 7) is 6.31. The third kappa shape index (κ3) is 5.14. The Bertz CT molecular complexity index is 2580. The molecule has 17 rings (SSSR count). The lowest BCUT2D eigenvalue weighted by Crippen LogP contribution is -2.77. The number of esters is 2. The first-order valence-electron chi connectivity index (χ1n) is 26.7. The van der Waals surface area contributed by atoms with Gasteiger partial charge in [-0.15, -0.1) is 0 Å². The van der Waals surface area contributed by atoms with Gasteiger partial charge in [-0.25, -0.2) is 4.79 Å². The van der Waals surface area contributed by atoms with Crippen LogP contribution in [0, 0.1) is 52.3 Å². The number of ether oxygens (including phenoxy) is 2. The number of piperidine rings is 2. The highest BCUT2D eigenvalue weighted by Gasteiger charge is 2.93. The van der Waals surface area contributed by atoms with E-state index in [9.17, 15) is 5.11 Å². The van der Waals surface area contributed by atoms with Crippen LogP contribution in [0.15, 0.2) is 88.0 Å². The summed E-state index contributed by atoms with van der Waals surface area (Å²) in [6.07, 6.45) is 21.2. The fourth-order valence-electron chi connectivity index (χ4n) is 18.7. The Labute approximate surface area is 391 Å². The summed E-state index contributed by atoms with van der Waals surface area (Å²) in [4.78, 5) is 37.1. The molecule has 8 heteroatoms. The van der Waals surface area contributed by atoms with E-state index in [1.165, 1.54) is 73.6 Å². The highest BCUT2D eigenvalue weighted by molar-refractivity contribution is 6.00. The average molecular weight is 888 g/mol. The van der Waals surface area contributed by atoms with Crippen LogP contribution in [-0.2, 0) is 39.1 Å². The summed E-state index contributed by atoms with van der Waals surface area (Å²) < 4.78 is 14.3. The second-order valence-electron chi connectivity index (χ2n) is 23.6. The molecule has 12 unspecified atom stereocenters. The van der Waals surface area contributed by atoms with Crippen molar-refractivity contribution in [3.05, 3.63) is 116 Å². The molecule has 2 aromatic rings. The van der Waals surface area contributed by atoms with Crippen molar-refractivity contribution in [2.45, 2.75) is 147 Å². The van der Waals surface area contributed by atoms with E-state index in [0.29, 0.717) is 72.8 Å². The van der Waals surface area contributed by atoms with Gasteiger partial charge in [0.05, 0.1) is 11.0 Å². The molecular weight excluding hydrogens is 819 g/mol. The summed E-state index contributed by atoms with van der Waals surface area (Å²) in [6, 6.07) is 16.4. The second-order valence-corrected chi connectivity index (χ2v) is 23.6. The summed E-state index contributed by atoms with van der Waals surface area (Å²) in [5.41, 5.74) is 15.4. The second kappa shape index (κ2) is 14.7. The minimum absolute atomic E-state index is 0.164. The first-order valence-corrected chi connectivity index (χ1v) is 26.7. The number of carbonyl (C=O) groups is 2. The van der Waals surface area contributed by atoms with Crippen LogP contribution in [0.1, 0.15) is 142 Å². The first-order chi connectivity index (χ1) is 32.3. The van der Waals surface area contributed by atoms with Crippen LogP contribution < -0.4 is 5.73 Å². The van der Waals surface area contributed by atoms with E-state index >= 15 is 9.59 Å². The maximum Gasteiger partial charge on any atom is 0.339 e. The van der Waals surface area contributed by atoms with Gasteiger partial charge in [-0.2, -0.15) is 0 Å². The van der Waals surface area contributed by atoms with Crippen molar-refractivity contribution in [1.29, 1.82) is 0 Å². The van der Waals surface area contributed by atoms with E-state index in [1.807, 2.05) is 0 Å². The van der Waals surface area contributed by atoms with Gasteiger partial charge < -0.3 is 25.2 Å². The molecule has 2 aromatic carbocycles. The lowest BCUT2D eigenvalue weighted by molar-refractivity contribution is -0.276. The van der Waals surface area contributed by atoms with Crippen LogP contribution in [0.4, 0.5) is 0 Å². The van der Waals surface area contributed by atoms with Crippen molar-refractivity contribution in [3.8, 4) is 0 Å². The monoisotopic (exact) mass is 888 g/mol. The summed E-state index contributed by atoms with van der Waals surface area (Å²) >= 11 is 0. The molecule has 0 radical (unpaired) electrons. The van der Waals surface area contributed by atoms with Crippen molar-refractivity contribution in [2.75, 3.05) is 26.2 Å². The van der Waals surface area contributed by atoms with Crippen LogP contribution >= 0.6 is 0 Å². The van der Waals surface area contributed by atoms with Crippen molar-refractivity contribution in [1.82, 2.24) is 9.80 Å². The predicted octanol–water partition coefficient (Wildman–Crippen LogP) is 10.2. The van der Waals surface area contributed by atoms with E-state index in [1.54, 1.807) is 11.3 Å². The van der Waals surface area contributed by atoms with Gasteiger partial charge in [0.1, 0.15) is 11.2 Å². The highest BCUT2D eigenvalue weighted by atomic mass is 16.6. The fraction of sp³-hybridized carbons (Fsp3) is 0.621. The zero-order valence-electron chi connectivity index (χ0n) is 39.1. The number of carbonyl (C=O) groups excluding carboxylic acids is 2. The van der Waals surface area contributed by atoms with Gasteiger partial charge in [0, 0.05) is 61.2 Å². The van der Waals surface area contributed by atoms with Crippen LogP contribution in [0.3, 0.4) is 0 Å². The SMILES string of the molecule is CC1CC2=C3C4C5=C6C=C(Cc7cccc(c7)CCCCC7C68C(=O)OC(=C(O)CC(C6CCCCC6)N6CC9CC(C6)C(CC2)N3C9)C8(CC5)C72OC(=O)c3c(CCCN)cccc32)C14. The molecule has 66 heavy (non-hydrogen) atoms. The molecule has 9 aliphatic heterocycles. The van der Waals surface area contributed by atoms with E-state index in [0.717, 1.165) is 87.7 Å². The van der Waals surface area contributed by atoms with Crippen LogP contribution in [0.2, 0.25) is 0 Å². The van der Waals surface area contributed by atoms with Gasteiger partial charge in [0.15, 0.2) is 11.4 Å². The van der Waals surface area contributed by atoms with Gasteiger partial charge in [0.2, 0.25) is 0 Å². The maximum absolute atomic E-state index is 16.2. The summed E-state index contributed by atoms with van der Waals surface area (Å²) in [7, 11) is 0. The van der Waals surface area contributed by atoms with Gasteiger partial charge in [-0.3, -0.25) is 9.69 Å². The molecule has 2 saturated carbocycles. The van der Waals surface area contributed by atoms with Gasteiger partial charge in [-0.05, 0) is 148 Å². The number of aliphatic hydroxyl groups excluding tert-OH is 1. The van der Waals surface area contributed by atoms with Gasteiger partial charge >= 0.3 is 11.9 Å². The molecule has 9 heterocycles. The number of aliphatic hydroxyl groups is 1. The van der Waals surface area contributed by atoms with Crippen LogP contribution in [0.25, 0.3) is 0 Å². The molecule has 0 aromatic heterocycles. The van der Waals surface area contributed by atoms with E-state index in [4.69, 9.17) is 15.2 Å². The third-order valence-corrected chi connectivity index (χ3v) is 20.7. The molecule has 3 saturated heterocycles. The molecular formula is C58H69N3O5. The number of benzene rings is 2. The average Bonchev–Trinajstić information content (AvgIpc) is 3.78. The molecule has 15 aliphatic rings. The number of nitrogens with zero attached hydrogens (tertiary/aromatic N) is 2. The Balaban J connectivity index is 1.07. The molecule has 3 N–H and O–H groups in total. The predicted molar refractivity (Wildman–Crippen MR) is 253 cm³/mol. The quantitative estimate of drug-likeness (QED) is 0.293. The van der Waals surface area contributed by atoms with Crippen molar-refractivity contribution in [3.63, 3.8) is 0 Å². The Morgan fingerprint density at radius 3 is 2.61 bits per heavy atom. The number of hydrogen-bond acceptors (Lipinski definition) is 8. The molecule has 3 spiro atoms. The first kappa shape index (κ1) is 40.9. The number of aryl methyl sites for hydroxylation is 2. The lowest BCUT2D eigenvalue weighted by atomic mass is 9.29. The van der Waals surface area contributed by atoms with E-state index in [-0.39, 0.29) is 35.6 Å². The molecule has 6 aliphatic carbocycles. The zero-order chi connectivity index (χ0) is 44.3. The number of nitrogens with two attached hydrogens (primary N) is 1. The highest BCUT2D eigenvalue weighted by Crippen LogP contribution is 2.87. The van der Waals surface area contributed by atoms with Crippen LogP contribution in [-0.4, -0.2) is 65.1 Å². The molecule has 346 valence electrons.